The topological polar surface area (TPSA) is 54.4 Å². The van der Waals surface area contributed by atoms with Gasteiger partial charge in [0.25, 0.3) is 0 Å². The molecule has 4 heteroatoms. The van der Waals surface area contributed by atoms with Crippen molar-refractivity contribution < 1.29 is 14.7 Å². The van der Waals surface area contributed by atoms with E-state index in [1.807, 2.05) is 0 Å². The molecule has 0 bridgehead atoms. The molecule has 1 aliphatic carbocycles. The lowest BCUT2D eigenvalue weighted by Gasteiger charge is -1.90. The Balaban J connectivity index is 3.01. The zero-order valence-corrected chi connectivity index (χ0v) is 6.20. The number of hydrogen-bond donors (Lipinski definition) is 1. The van der Waals surface area contributed by atoms with Crippen LogP contribution in [0.1, 0.15) is 6.42 Å². The molecule has 0 spiro atoms. The van der Waals surface area contributed by atoms with E-state index in [0.717, 1.165) is 11.8 Å². The molecule has 0 heterocycles. The first-order valence-electron chi connectivity index (χ1n) is 2.70. The number of carbonyl (C=O) groups is 2. The number of Topliss-reactive ketones (excluding diaryl/α,β-unsaturated/α-hetero) is 2. The van der Waals surface area contributed by atoms with Crippen LogP contribution in [0, 0.1) is 0 Å². The fraction of sp³-hybridized carbons (Fsp3) is 0.333. The summed E-state index contributed by atoms with van der Waals surface area (Å²) in [6.45, 7) is 0. The number of aliphatic hydroxyl groups is 1. The number of rotatable bonds is 1. The molecule has 1 aliphatic rings. The number of aliphatic hydroxyl groups excluding tert-OH is 1. The molecular formula is C6H6O3S. The summed E-state index contributed by atoms with van der Waals surface area (Å²) in [7, 11) is 0. The predicted molar refractivity (Wildman–Crippen MR) is 37.8 cm³/mol. The minimum atomic E-state index is -0.464. The van der Waals surface area contributed by atoms with Gasteiger partial charge in [0.15, 0.2) is 11.5 Å². The molecule has 0 atom stereocenters. The van der Waals surface area contributed by atoms with Crippen molar-refractivity contribution in [2.24, 2.45) is 0 Å². The van der Waals surface area contributed by atoms with Crippen LogP contribution >= 0.6 is 11.8 Å². The molecule has 3 nitrogen and oxygen atoms in total. The maximum absolute atomic E-state index is 10.8. The molecule has 0 aromatic carbocycles. The fourth-order valence-corrected chi connectivity index (χ4v) is 1.39. The third-order valence-electron chi connectivity index (χ3n) is 1.26. The van der Waals surface area contributed by atoms with Crippen molar-refractivity contribution in [2.75, 3.05) is 6.26 Å². The Hall–Kier alpha value is -0.770. The molecular weight excluding hydrogens is 152 g/mol. The highest BCUT2D eigenvalue weighted by Crippen LogP contribution is 2.25. The Kier molecular flexibility index (Phi) is 1.80. The molecule has 1 N–H and O–H groups in total. The third-order valence-corrected chi connectivity index (χ3v) is 2.09. The Morgan fingerprint density at radius 1 is 1.40 bits per heavy atom. The smallest absolute Gasteiger partial charge is 0.206 e. The second-order valence-corrected chi connectivity index (χ2v) is 2.72. The van der Waals surface area contributed by atoms with Gasteiger partial charge in [0.05, 0.1) is 11.3 Å². The molecule has 0 fully saturated rings. The van der Waals surface area contributed by atoms with Crippen molar-refractivity contribution in [2.45, 2.75) is 6.42 Å². The number of hydrogen-bond acceptors (Lipinski definition) is 4. The summed E-state index contributed by atoms with van der Waals surface area (Å²) in [6, 6.07) is 0. The van der Waals surface area contributed by atoms with Crippen LogP contribution in [0.2, 0.25) is 0 Å². The first-order chi connectivity index (χ1) is 4.66. The summed E-state index contributed by atoms with van der Waals surface area (Å²) in [5.41, 5.74) is 0. The van der Waals surface area contributed by atoms with Gasteiger partial charge in [-0.05, 0) is 6.26 Å². The first kappa shape index (κ1) is 7.34. The molecule has 0 aliphatic heterocycles. The van der Waals surface area contributed by atoms with Crippen LogP contribution in [-0.2, 0) is 9.59 Å². The average molecular weight is 158 g/mol. The number of thioether (sulfide) groups is 1. The van der Waals surface area contributed by atoms with Gasteiger partial charge in [0.2, 0.25) is 5.78 Å². The van der Waals surface area contributed by atoms with Gasteiger partial charge in [-0.25, -0.2) is 0 Å². The van der Waals surface area contributed by atoms with Gasteiger partial charge >= 0.3 is 0 Å². The minimum Gasteiger partial charge on any atom is -0.503 e. The molecule has 54 valence electrons. The van der Waals surface area contributed by atoms with E-state index in [-0.39, 0.29) is 22.9 Å². The summed E-state index contributed by atoms with van der Waals surface area (Å²) in [6.07, 6.45) is 1.49. The maximum atomic E-state index is 10.8. The maximum Gasteiger partial charge on any atom is 0.206 e. The normalized spacial score (nSPS) is 18.9. The van der Waals surface area contributed by atoms with Gasteiger partial charge < -0.3 is 5.11 Å². The Morgan fingerprint density at radius 2 is 2.00 bits per heavy atom. The van der Waals surface area contributed by atoms with Crippen molar-refractivity contribution >= 4 is 23.3 Å². The second kappa shape index (κ2) is 2.46. The number of allylic oxidation sites excluding steroid dienone is 2. The number of carbonyl (C=O) groups excluding carboxylic acids is 2. The number of ketones is 2. The molecule has 0 saturated carbocycles. The SMILES string of the molecule is CSC1=C(O)C(=O)CC1=O. The fourth-order valence-electron chi connectivity index (χ4n) is 0.779. The van der Waals surface area contributed by atoms with Crippen LogP contribution in [0.15, 0.2) is 10.7 Å². The summed E-state index contributed by atoms with van der Waals surface area (Å²) >= 11 is 1.11. The van der Waals surface area contributed by atoms with Crippen LogP contribution < -0.4 is 0 Å². The van der Waals surface area contributed by atoms with Crippen LogP contribution in [0.5, 0.6) is 0 Å². The van der Waals surface area contributed by atoms with E-state index in [0.29, 0.717) is 0 Å². The van der Waals surface area contributed by atoms with Crippen LogP contribution in [0.3, 0.4) is 0 Å². The highest BCUT2D eigenvalue weighted by Gasteiger charge is 2.29. The van der Waals surface area contributed by atoms with Crippen LogP contribution in [0.4, 0.5) is 0 Å². The van der Waals surface area contributed by atoms with E-state index in [1.165, 1.54) is 0 Å². The van der Waals surface area contributed by atoms with Crippen molar-refractivity contribution in [3.05, 3.63) is 10.7 Å². The molecule has 0 aromatic rings. The molecule has 0 aromatic heterocycles. The van der Waals surface area contributed by atoms with E-state index in [9.17, 15) is 9.59 Å². The molecule has 0 amide bonds. The predicted octanol–water partition coefficient (Wildman–Crippen LogP) is 0.661. The first-order valence-corrected chi connectivity index (χ1v) is 3.93. The molecule has 0 unspecified atom stereocenters. The molecule has 1 rings (SSSR count). The van der Waals surface area contributed by atoms with E-state index >= 15 is 0 Å². The van der Waals surface area contributed by atoms with E-state index in [2.05, 4.69) is 0 Å². The van der Waals surface area contributed by atoms with Crippen LogP contribution in [0.25, 0.3) is 0 Å². The van der Waals surface area contributed by atoms with E-state index in [4.69, 9.17) is 5.11 Å². The summed E-state index contributed by atoms with van der Waals surface area (Å²) in [5, 5.41) is 8.92. The molecule has 10 heavy (non-hydrogen) atoms. The molecule has 0 radical (unpaired) electrons. The third kappa shape index (κ3) is 0.945. The Morgan fingerprint density at radius 3 is 2.20 bits per heavy atom. The minimum absolute atomic E-state index is 0.165. The Labute approximate surface area is 62.1 Å². The Bertz CT molecular complexity index is 229. The summed E-state index contributed by atoms with van der Waals surface area (Å²) in [5.74, 6) is -1.10. The van der Waals surface area contributed by atoms with Crippen molar-refractivity contribution in [1.29, 1.82) is 0 Å². The van der Waals surface area contributed by atoms with Crippen LogP contribution in [-0.4, -0.2) is 22.9 Å². The van der Waals surface area contributed by atoms with Gasteiger partial charge in [-0.15, -0.1) is 11.8 Å². The van der Waals surface area contributed by atoms with Crippen molar-refractivity contribution in [3.63, 3.8) is 0 Å². The highest BCUT2D eigenvalue weighted by molar-refractivity contribution is 8.03. The standard InChI is InChI=1S/C6H6O3S/c1-10-6-4(8)2-3(7)5(6)9/h9H,2H2,1H3. The van der Waals surface area contributed by atoms with Gasteiger partial charge in [0.1, 0.15) is 0 Å². The van der Waals surface area contributed by atoms with Gasteiger partial charge in [-0.1, -0.05) is 0 Å². The van der Waals surface area contributed by atoms with Crippen molar-refractivity contribution in [3.8, 4) is 0 Å². The summed E-state index contributed by atoms with van der Waals surface area (Å²) < 4.78 is 0. The van der Waals surface area contributed by atoms with Gasteiger partial charge in [0, 0.05) is 0 Å². The second-order valence-electron chi connectivity index (χ2n) is 1.90. The lowest BCUT2D eigenvalue weighted by molar-refractivity contribution is -0.121. The van der Waals surface area contributed by atoms with Crippen molar-refractivity contribution in [1.82, 2.24) is 0 Å². The van der Waals surface area contributed by atoms with E-state index < -0.39 is 5.78 Å². The monoisotopic (exact) mass is 158 g/mol. The molecule has 0 saturated heterocycles. The van der Waals surface area contributed by atoms with Gasteiger partial charge in [-0.3, -0.25) is 9.59 Å². The lowest BCUT2D eigenvalue weighted by atomic mass is 10.3. The zero-order valence-electron chi connectivity index (χ0n) is 5.38. The van der Waals surface area contributed by atoms with E-state index in [1.54, 1.807) is 6.26 Å². The summed E-state index contributed by atoms with van der Waals surface area (Å²) in [4.78, 5) is 21.6. The lowest BCUT2D eigenvalue weighted by Crippen LogP contribution is -1.95. The highest BCUT2D eigenvalue weighted by atomic mass is 32.2. The zero-order chi connectivity index (χ0) is 7.72. The largest absolute Gasteiger partial charge is 0.503 e. The average Bonchev–Trinajstić information content (AvgIpc) is 2.09. The quantitative estimate of drug-likeness (QED) is 0.569. The van der Waals surface area contributed by atoms with Gasteiger partial charge in [-0.2, -0.15) is 0 Å².